The van der Waals surface area contributed by atoms with Crippen LogP contribution in [0.3, 0.4) is 0 Å². The van der Waals surface area contributed by atoms with Gasteiger partial charge in [0.25, 0.3) is 0 Å². The Balaban J connectivity index is 1.17. The Bertz CT molecular complexity index is 2750. The fourth-order valence-corrected chi connectivity index (χ4v) is 8.78. The molecule has 3 aliphatic rings. The Morgan fingerprint density at radius 2 is 1.20 bits per heavy atom. The maximum Gasteiger partial charge on any atom is 0.0468 e. The van der Waals surface area contributed by atoms with E-state index < -0.39 is 0 Å². The van der Waals surface area contributed by atoms with Gasteiger partial charge in [0.15, 0.2) is 0 Å². The van der Waals surface area contributed by atoms with E-state index in [1.54, 1.807) is 0 Å². The Morgan fingerprint density at radius 1 is 0.525 bits per heavy atom. The summed E-state index contributed by atoms with van der Waals surface area (Å²) in [6.07, 6.45) is 30.6. The fourth-order valence-electron chi connectivity index (χ4n) is 8.78. The van der Waals surface area contributed by atoms with Crippen molar-refractivity contribution in [3.63, 3.8) is 0 Å². The van der Waals surface area contributed by atoms with Gasteiger partial charge < -0.3 is 4.90 Å². The molecule has 6 aromatic carbocycles. The quantitative estimate of drug-likeness (QED) is 0.119. The molecule has 0 heterocycles. The molecule has 0 N–H and O–H groups in total. The lowest BCUT2D eigenvalue weighted by molar-refractivity contribution is 0.905. The van der Waals surface area contributed by atoms with Gasteiger partial charge in [-0.2, -0.15) is 0 Å². The molecule has 3 aliphatic carbocycles. The van der Waals surface area contributed by atoms with Crippen LogP contribution in [-0.2, 0) is 0 Å². The summed E-state index contributed by atoms with van der Waals surface area (Å²) in [5, 5.41) is 2.52. The van der Waals surface area contributed by atoms with Crippen molar-refractivity contribution in [2.75, 3.05) is 4.90 Å². The molecule has 0 atom stereocenters. The van der Waals surface area contributed by atoms with Crippen LogP contribution >= 0.6 is 0 Å². The minimum Gasteiger partial charge on any atom is -0.310 e. The van der Waals surface area contributed by atoms with Gasteiger partial charge in [-0.1, -0.05) is 177 Å². The third-order valence-electron chi connectivity index (χ3n) is 11.9. The second-order valence-electron chi connectivity index (χ2n) is 15.5. The number of hydrogen-bond donors (Lipinski definition) is 0. The summed E-state index contributed by atoms with van der Waals surface area (Å²) in [4.78, 5) is 2.42. The predicted molar refractivity (Wildman–Crippen MR) is 256 cm³/mol. The lowest BCUT2D eigenvalue weighted by atomic mass is 9.84. The van der Waals surface area contributed by atoms with Crippen molar-refractivity contribution in [1.82, 2.24) is 0 Å². The van der Waals surface area contributed by atoms with Gasteiger partial charge in [0, 0.05) is 17.1 Å². The van der Waals surface area contributed by atoms with E-state index in [9.17, 15) is 0 Å². The standard InChI is InChI=1S/C58H49N/c1-3-14-42(4-2)45-23-27-49(28-24-45)57-40-39-54(41-58(57)51-29-25-46(26-30-51)43-15-7-5-8-16-43)59(52-35-31-47(32-36-52)44-17-9-6-10-18-44)53-37-33-50(34-38-53)56-22-13-20-48-19-11-12-21-55(48)56/h3-5,7,9,11-15,17-25,27-29,31-41H,1-2,6,8,10,16,26,30H2/b42-14+. The van der Waals surface area contributed by atoms with Crippen molar-refractivity contribution in [3.8, 4) is 22.3 Å². The van der Waals surface area contributed by atoms with Gasteiger partial charge in [-0.15, -0.1) is 0 Å². The van der Waals surface area contributed by atoms with Gasteiger partial charge >= 0.3 is 0 Å². The van der Waals surface area contributed by atoms with Crippen molar-refractivity contribution in [2.45, 2.75) is 38.5 Å². The first-order chi connectivity index (χ1) is 29.2. The third-order valence-corrected chi connectivity index (χ3v) is 11.9. The zero-order chi connectivity index (χ0) is 40.0. The van der Waals surface area contributed by atoms with Gasteiger partial charge in [-0.25, -0.2) is 0 Å². The van der Waals surface area contributed by atoms with Crippen molar-refractivity contribution >= 4 is 44.6 Å². The van der Waals surface area contributed by atoms with Gasteiger partial charge in [0.2, 0.25) is 0 Å². The summed E-state index contributed by atoms with van der Waals surface area (Å²) in [7, 11) is 0. The zero-order valence-electron chi connectivity index (χ0n) is 33.7. The lowest BCUT2D eigenvalue weighted by Gasteiger charge is -2.28. The molecule has 0 aliphatic heterocycles. The van der Waals surface area contributed by atoms with Crippen LogP contribution in [0.1, 0.15) is 55.2 Å². The number of fused-ring (bicyclic) bond motifs is 1. The molecule has 0 aromatic heterocycles. The summed E-state index contributed by atoms with van der Waals surface area (Å²) in [5.74, 6) is 0. The summed E-state index contributed by atoms with van der Waals surface area (Å²) >= 11 is 0. The summed E-state index contributed by atoms with van der Waals surface area (Å²) in [6.45, 7) is 7.95. The maximum atomic E-state index is 4.04. The van der Waals surface area contributed by atoms with Gasteiger partial charge in [-0.3, -0.25) is 0 Å². The molecule has 0 spiro atoms. The molecule has 0 unspecified atom stereocenters. The minimum absolute atomic E-state index is 0.987. The van der Waals surface area contributed by atoms with E-state index in [0.29, 0.717) is 0 Å². The van der Waals surface area contributed by atoms with Gasteiger partial charge in [0.05, 0.1) is 0 Å². The Hall–Kier alpha value is -6.96. The monoisotopic (exact) mass is 759 g/mol. The maximum absolute atomic E-state index is 4.04. The third kappa shape index (κ3) is 7.98. The summed E-state index contributed by atoms with van der Waals surface area (Å²) < 4.78 is 0. The number of anilines is 3. The molecule has 0 saturated heterocycles. The van der Waals surface area contributed by atoms with E-state index in [1.165, 1.54) is 66.4 Å². The van der Waals surface area contributed by atoms with Crippen LogP contribution in [0, 0.1) is 0 Å². The first kappa shape index (κ1) is 37.6. The summed E-state index contributed by atoms with van der Waals surface area (Å²) in [5.41, 5.74) is 18.5. The SMILES string of the molecule is C=C/C=C(\C=C)c1ccc(-c2ccc(N(c3ccc(C4=CCCC=C4)cc3)c3ccc(-c4cccc5ccccc45)cc3)cc2C2=CC=C(C3=CC=CCC3)CC2)cc1. The van der Waals surface area contributed by atoms with Crippen LogP contribution < -0.4 is 4.90 Å². The van der Waals surface area contributed by atoms with Gasteiger partial charge in [0.1, 0.15) is 0 Å². The largest absolute Gasteiger partial charge is 0.310 e. The molecule has 0 bridgehead atoms. The van der Waals surface area contributed by atoms with Crippen molar-refractivity contribution < 1.29 is 0 Å². The molecule has 6 aromatic rings. The Morgan fingerprint density at radius 3 is 1.90 bits per heavy atom. The molecule has 0 radical (unpaired) electrons. The first-order valence-electron chi connectivity index (χ1n) is 21.0. The molecular weight excluding hydrogens is 711 g/mol. The second kappa shape index (κ2) is 17.3. The highest BCUT2D eigenvalue weighted by molar-refractivity contribution is 5.97. The minimum atomic E-state index is 0.987. The topological polar surface area (TPSA) is 3.24 Å². The predicted octanol–water partition coefficient (Wildman–Crippen LogP) is 16.5. The molecular formula is C58H49N. The van der Waals surface area contributed by atoms with E-state index in [4.69, 9.17) is 0 Å². The van der Waals surface area contributed by atoms with Crippen LogP contribution in [0.2, 0.25) is 0 Å². The van der Waals surface area contributed by atoms with Crippen LogP contribution in [0.25, 0.3) is 49.7 Å². The lowest BCUT2D eigenvalue weighted by Crippen LogP contribution is -2.11. The van der Waals surface area contributed by atoms with Crippen LogP contribution in [0.15, 0.2) is 225 Å². The molecule has 59 heavy (non-hydrogen) atoms. The molecule has 0 amide bonds. The molecule has 0 fully saturated rings. The Kier molecular flexibility index (Phi) is 11.0. The number of nitrogens with zero attached hydrogens (tertiary/aromatic N) is 1. The molecule has 286 valence electrons. The zero-order valence-corrected chi connectivity index (χ0v) is 33.7. The molecule has 9 rings (SSSR count). The van der Waals surface area contributed by atoms with E-state index in [-0.39, 0.29) is 0 Å². The van der Waals surface area contributed by atoms with Crippen molar-refractivity contribution in [2.24, 2.45) is 0 Å². The number of hydrogen-bond acceptors (Lipinski definition) is 1. The van der Waals surface area contributed by atoms with Gasteiger partial charge in [-0.05, 0) is 153 Å². The van der Waals surface area contributed by atoms with E-state index in [1.807, 2.05) is 18.2 Å². The van der Waals surface area contributed by atoms with Crippen molar-refractivity contribution in [3.05, 3.63) is 241 Å². The number of benzene rings is 6. The number of rotatable bonds is 11. The van der Waals surface area contributed by atoms with E-state index in [0.717, 1.165) is 66.7 Å². The van der Waals surface area contributed by atoms with E-state index in [2.05, 4.69) is 200 Å². The molecule has 0 saturated carbocycles. The van der Waals surface area contributed by atoms with Crippen LogP contribution in [0.5, 0.6) is 0 Å². The Labute approximate surface area is 350 Å². The highest BCUT2D eigenvalue weighted by Crippen LogP contribution is 2.43. The summed E-state index contributed by atoms with van der Waals surface area (Å²) in [6, 6.07) is 49.3. The molecule has 1 heteroatoms. The number of allylic oxidation sites excluding steroid dienone is 16. The highest BCUT2D eigenvalue weighted by Gasteiger charge is 2.20. The molecule has 1 nitrogen and oxygen atoms in total. The smallest absolute Gasteiger partial charge is 0.0468 e. The average molecular weight is 760 g/mol. The average Bonchev–Trinajstić information content (AvgIpc) is 3.32. The highest BCUT2D eigenvalue weighted by atomic mass is 15.1. The van der Waals surface area contributed by atoms with Crippen molar-refractivity contribution in [1.29, 1.82) is 0 Å². The van der Waals surface area contributed by atoms with Crippen LogP contribution in [0.4, 0.5) is 17.1 Å². The van der Waals surface area contributed by atoms with Crippen LogP contribution in [-0.4, -0.2) is 0 Å². The normalized spacial score (nSPS) is 15.2. The van der Waals surface area contributed by atoms with E-state index >= 15 is 0 Å². The second-order valence-corrected chi connectivity index (χ2v) is 15.5. The first-order valence-corrected chi connectivity index (χ1v) is 21.0. The fraction of sp³-hybridized carbons (Fsp3) is 0.103.